The van der Waals surface area contributed by atoms with E-state index in [2.05, 4.69) is 4.65 Å². The summed E-state index contributed by atoms with van der Waals surface area (Å²) in [4.78, 5) is 0. The second kappa shape index (κ2) is 6.28. The lowest BCUT2D eigenvalue weighted by Crippen LogP contribution is -2.23. The van der Waals surface area contributed by atoms with Gasteiger partial charge in [0.25, 0.3) is 0 Å². The Morgan fingerprint density at radius 1 is 0.667 bits per heavy atom. The van der Waals surface area contributed by atoms with E-state index in [0.29, 0.717) is 0 Å². The second-order valence-electron chi connectivity index (χ2n) is 4.25. The van der Waals surface area contributed by atoms with E-state index in [0.717, 1.165) is 0 Å². The van der Waals surface area contributed by atoms with E-state index in [1.165, 1.54) is 0 Å². The predicted octanol–water partition coefficient (Wildman–Crippen LogP) is 2.81. The Balaban J connectivity index is 2.83. The van der Waals surface area contributed by atoms with Gasteiger partial charge in [-0.15, -0.1) is 0 Å². The van der Waals surface area contributed by atoms with Gasteiger partial charge in [0, 0.05) is 5.56 Å². The third-order valence-electron chi connectivity index (χ3n) is 2.82. The largest absolute Gasteiger partial charge is 0.707 e. The van der Waals surface area contributed by atoms with Crippen LogP contribution in [0.5, 0.6) is 5.75 Å². The molecular weight excluding hydrogens is 355 g/mol. The minimum Gasteiger partial charge on any atom is -0.507 e. The first kappa shape index (κ1) is 18.0. The highest BCUT2D eigenvalue weighted by Gasteiger charge is 2.32. The highest BCUT2D eigenvalue weighted by molar-refractivity contribution is 6.33. The lowest BCUT2D eigenvalue weighted by Gasteiger charge is -2.14. The van der Waals surface area contributed by atoms with Crippen LogP contribution in [0.1, 0.15) is 0 Å². The predicted molar refractivity (Wildman–Crippen MR) is 62.4 cm³/mol. The zero-order valence-corrected chi connectivity index (χ0v) is 11.0. The molecule has 0 saturated heterocycles. The maximum absolute atomic E-state index is 13.9. The van der Waals surface area contributed by atoms with Gasteiger partial charge in [-0.1, -0.05) is 0 Å². The Morgan fingerprint density at radius 3 is 1.62 bits per heavy atom. The van der Waals surface area contributed by atoms with E-state index in [9.17, 15) is 35.1 Å². The molecule has 0 saturated carbocycles. The molecule has 0 heterocycles. The highest BCUT2D eigenvalue weighted by Crippen LogP contribution is 2.38. The van der Waals surface area contributed by atoms with Gasteiger partial charge < -0.3 is 14.7 Å². The molecule has 0 aromatic heterocycles. The van der Waals surface area contributed by atoms with E-state index in [4.69, 9.17) is 10.0 Å². The van der Waals surface area contributed by atoms with Crippen molar-refractivity contribution in [3.63, 3.8) is 0 Å². The van der Waals surface area contributed by atoms with Crippen molar-refractivity contribution in [1.29, 1.82) is 0 Å². The van der Waals surface area contributed by atoms with Gasteiger partial charge in [-0.3, -0.25) is 0 Å². The van der Waals surface area contributed by atoms with Gasteiger partial charge in [0.05, 0.1) is 5.56 Å². The first-order valence-corrected chi connectivity index (χ1v) is 5.80. The van der Waals surface area contributed by atoms with Crippen LogP contribution < -0.4 is 4.65 Å². The van der Waals surface area contributed by atoms with Crippen LogP contribution >= 0.6 is 0 Å². The fourth-order valence-electron chi connectivity index (χ4n) is 1.81. The topological polar surface area (TPSA) is 49.7 Å². The maximum atomic E-state index is 13.9. The quantitative estimate of drug-likeness (QED) is 0.384. The zero-order chi connectivity index (χ0) is 18.3. The molecule has 2 rings (SSSR count). The van der Waals surface area contributed by atoms with Crippen molar-refractivity contribution in [3.8, 4) is 16.9 Å². The van der Waals surface area contributed by atoms with Crippen LogP contribution in [0.2, 0.25) is 0 Å². The summed E-state index contributed by atoms with van der Waals surface area (Å²) in [6, 6.07) is -0.213. The summed E-state index contributed by atoms with van der Waals surface area (Å²) < 4.78 is 111. The molecule has 24 heavy (non-hydrogen) atoms. The van der Waals surface area contributed by atoms with E-state index < -0.39 is 70.7 Å². The van der Waals surface area contributed by atoms with Crippen molar-refractivity contribution < 1.29 is 49.8 Å². The fourth-order valence-corrected chi connectivity index (χ4v) is 1.81. The van der Waals surface area contributed by atoms with E-state index >= 15 is 0 Å². The van der Waals surface area contributed by atoms with Crippen LogP contribution in [-0.2, 0) is 0 Å². The molecule has 0 amide bonds. The summed E-state index contributed by atoms with van der Waals surface area (Å²) in [7, 11) is -2.86. The lowest BCUT2D eigenvalue weighted by atomic mass is 10.0. The fraction of sp³-hybridized carbons (Fsp3) is 0. The number of halogens is 8. The first-order valence-electron chi connectivity index (χ1n) is 5.80. The minimum atomic E-state index is -2.86. The summed E-state index contributed by atoms with van der Waals surface area (Å²) in [5.74, 6) is -20.5. The smallest absolute Gasteiger partial charge is 0.507 e. The SMILES string of the molecule is OB(O)Oc1c(F)c(F)c(-c2cc(F)c(F)c(F)c2F)c(F)c1F. The molecule has 0 aliphatic carbocycles. The molecule has 0 fully saturated rings. The molecule has 0 bridgehead atoms. The van der Waals surface area contributed by atoms with Crippen LogP contribution in [0.15, 0.2) is 6.07 Å². The normalized spacial score (nSPS) is 10.9. The van der Waals surface area contributed by atoms with Gasteiger partial charge in [-0.25, -0.2) is 26.3 Å². The Hall–Kier alpha value is -2.34. The Bertz CT molecular complexity index is 798. The van der Waals surface area contributed by atoms with E-state index in [1.807, 2.05) is 0 Å². The zero-order valence-electron chi connectivity index (χ0n) is 11.0. The minimum absolute atomic E-state index is 0.213. The number of hydrogen-bond donors (Lipinski definition) is 2. The van der Waals surface area contributed by atoms with Crippen molar-refractivity contribution >= 4 is 7.32 Å². The summed E-state index contributed by atoms with van der Waals surface area (Å²) in [5, 5.41) is 16.8. The van der Waals surface area contributed by atoms with Crippen LogP contribution in [0.3, 0.4) is 0 Å². The molecule has 12 heteroatoms. The van der Waals surface area contributed by atoms with Gasteiger partial charge in [-0.2, -0.15) is 8.78 Å². The van der Waals surface area contributed by atoms with Crippen molar-refractivity contribution in [2.24, 2.45) is 0 Å². The molecule has 0 unspecified atom stereocenters. The molecule has 0 radical (unpaired) electrons. The molecule has 0 aliphatic heterocycles. The third-order valence-corrected chi connectivity index (χ3v) is 2.82. The molecule has 0 spiro atoms. The lowest BCUT2D eigenvalue weighted by molar-refractivity contribution is 0.268. The number of benzene rings is 2. The summed E-state index contributed by atoms with van der Waals surface area (Å²) in [5.41, 5.74) is -3.53. The van der Waals surface area contributed by atoms with Crippen molar-refractivity contribution in [3.05, 3.63) is 52.6 Å². The van der Waals surface area contributed by atoms with Crippen molar-refractivity contribution in [1.82, 2.24) is 0 Å². The van der Waals surface area contributed by atoms with Gasteiger partial charge >= 0.3 is 7.32 Å². The molecule has 2 N–H and O–H groups in total. The summed E-state index contributed by atoms with van der Waals surface area (Å²) in [6.07, 6.45) is 0. The molecular formula is C12H3BF8O3. The Kier molecular flexibility index (Phi) is 4.71. The van der Waals surface area contributed by atoms with Crippen LogP contribution in [0.4, 0.5) is 35.1 Å². The van der Waals surface area contributed by atoms with Gasteiger partial charge in [0.2, 0.25) is 11.6 Å². The number of rotatable bonds is 3. The molecule has 128 valence electrons. The molecule has 2 aromatic rings. The third kappa shape index (κ3) is 2.78. The van der Waals surface area contributed by atoms with E-state index in [1.54, 1.807) is 0 Å². The Morgan fingerprint density at radius 2 is 1.17 bits per heavy atom. The van der Waals surface area contributed by atoms with Crippen LogP contribution in [0.25, 0.3) is 11.1 Å². The van der Waals surface area contributed by atoms with Crippen LogP contribution in [-0.4, -0.2) is 17.4 Å². The van der Waals surface area contributed by atoms with E-state index in [-0.39, 0.29) is 6.07 Å². The second-order valence-corrected chi connectivity index (χ2v) is 4.25. The van der Waals surface area contributed by atoms with Crippen LogP contribution in [0, 0.1) is 46.5 Å². The summed E-state index contributed by atoms with van der Waals surface area (Å²) >= 11 is 0. The maximum Gasteiger partial charge on any atom is 0.707 e. The number of hydrogen-bond acceptors (Lipinski definition) is 3. The first-order chi connectivity index (χ1) is 11.1. The molecule has 0 atom stereocenters. The summed E-state index contributed by atoms with van der Waals surface area (Å²) in [6.45, 7) is 0. The average molecular weight is 358 g/mol. The molecule has 2 aromatic carbocycles. The van der Waals surface area contributed by atoms with Gasteiger partial charge in [0.1, 0.15) is 0 Å². The van der Waals surface area contributed by atoms with Crippen molar-refractivity contribution in [2.45, 2.75) is 0 Å². The molecule has 3 nitrogen and oxygen atoms in total. The van der Waals surface area contributed by atoms with Gasteiger partial charge in [-0.05, 0) is 6.07 Å². The monoisotopic (exact) mass is 358 g/mol. The standard InChI is InChI=1S/C12H3BF8O3/c14-3-1-2(5(15)9(19)6(3)16)4-7(17)10(20)12(24-13(22)23)11(21)8(4)18/h1,22-23H. The highest BCUT2D eigenvalue weighted by atomic mass is 19.2. The van der Waals surface area contributed by atoms with Gasteiger partial charge in [0.15, 0.2) is 40.7 Å². The molecule has 0 aliphatic rings. The Labute approximate surface area is 127 Å². The average Bonchev–Trinajstić information content (AvgIpc) is 2.52. The van der Waals surface area contributed by atoms with Crippen molar-refractivity contribution in [2.75, 3.05) is 0 Å².